The van der Waals surface area contributed by atoms with Crippen LogP contribution >= 0.6 is 0 Å². The minimum Gasteiger partial charge on any atom is -0.413 e. The number of rotatable bonds is 12. The van der Waals surface area contributed by atoms with Crippen LogP contribution in [0.25, 0.3) is 11.2 Å². The van der Waals surface area contributed by atoms with Crippen molar-refractivity contribution in [3.63, 3.8) is 0 Å². The molecule has 2 aliphatic rings. The minimum atomic E-state index is -3.82. The second-order valence-corrected chi connectivity index (χ2v) is 13.6. The van der Waals surface area contributed by atoms with E-state index >= 15 is 0 Å². The first-order valence-corrected chi connectivity index (χ1v) is 17.3. The zero-order valence-corrected chi connectivity index (χ0v) is 26.2. The topological polar surface area (TPSA) is 173 Å². The zero-order valence-electron chi connectivity index (χ0n) is 25.4. The molecule has 0 radical (unpaired) electrons. The van der Waals surface area contributed by atoms with Crippen LogP contribution in [0.15, 0.2) is 30.6 Å². The van der Waals surface area contributed by atoms with Crippen LogP contribution in [0.2, 0.25) is 0 Å². The summed E-state index contributed by atoms with van der Waals surface area (Å²) < 4.78 is 36.8. The van der Waals surface area contributed by atoms with Crippen molar-refractivity contribution in [1.82, 2.24) is 9.80 Å². The number of primary amides is 1. The molecule has 13 heteroatoms. The van der Waals surface area contributed by atoms with Crippen LogP contribution in [0.5, 0.6) is 0 Å². The maximum absolute atomic E-state index is 14.9. The van der Waals surface area contributed by atoms with Crippen LogP contribution in [-0.2, 0) is 14.8 Å². The predicted molar refractivity (Wildman–Crippen MR) is 163 cm³/mol. The molecule has 0 saturated heterocycles. The lowest BCUT2D eigenvalue weighted by Gasteiger charge is -2.53. The molecule has 4 rings (SSSR count). The predicted octanol–water partition coefficient (Wildman–Crippen LogP) is 3.29. The molecule has 0 bridgehead atoms. The number of nitrogens with two attached hydrogens (primary N) is 1. The average Bonchev–Trinajstić information content (AvgIpc) is 2.98. The molecule has 1 heterocycles. The lowest BCUT2D eigenvalue weighted by Crippen LogP contribution is -2.69. The van der Waals surface area contributed by atoms with Gasteiger partial charge in [-0.15, -0.1) is 0 Å². The van der Waals surface area contributed by atoms with Crippen molar-refractivity contribution < 1.29 is 26.8 Å². The van der Waals surface area contributed by atoms with E-state index in [0.717, 1.165) is 83.6 Å². The van der Waals surface area contributed by atoms with Crippen molar-refractivity contribution in [3.05, 3.63) is 38.5 Å². The highest BCUT2D eigenvalue weighted by molar-refractivity contribution is 7.92. The lowest BCUT2D eigenvalue weighted by atomic mass is 9.62. The molecule has 2 fully saturated rings. The summed E-state index contributed by atoms with van der Waals surface area (Å²) >= 11 is 0. The number of likely N-dealkylation sites (N-methyl/N-ethyl adjacent to an activating group) is 1. The summed E-state index contributed by atoms with van der Waals surface area (Å²) in [4.78, 5) is 57.1. The Hall–Kier alpha value is -3.19. The molecular weight excluding hydrogens is 576 g/mol. The SMILES string of the molecule is CCN(CC)CCN(C(=O)c1ccc(NS(C)(=O)=O)c2oc(=O)c(=O)oc12)C(C(N)=O)(C1CCCCC1)C1CCCCC1. The summed E-state index contributed by atoms with van der Waals surface area (Å²) in [5, 5.41) is 0. The van der Waals surface area contributed by atoms with Crippen LogP contribution in [-0.4, -0.2) is 68.0 Å². The van der Waals surface area contributed by atoms with Gasteiger partial charge in [0.15, 0.2) is 11.2 Å². The molecule has 0 aliphatic heterocycles. The highest BCUT2D eigenvalue weighted by Crippen LogP contribution is 2.47. The van der Waals surface area contributed by atoms with Crippen molar-refractivity contribution >= 4 is 38.7 Å². The number of hydrogen-bond acceptors (Lipinski definition) is 9. The molecule has 0 unspecified atom stereocenters. The summed E-state index contributed by atoms with van der Waals surface area (Å²) in [5.41, 5.74) is 1.41. The van der Waals surface area contributed by atoms with Gasteiger partial charge in [0.2, 0.25) is 15.9 Å². The fraction of sp³-hybridized carbons (Fsp3) is 0.667. The third-order valence-corrected chi connectivity index (χ3v) is 9.86. The van der Waals surface area contributed by atoms with E-state index in [1.165, 1.54) is 12.1 Å². The van der Waals surface area contributed by atoms with Crippen LogP contribution in [0.1, 0.15) is 88.4 Å². The standard InChI is InChI=1S/C30H44N4O8S/c1-4-33(5-2)18-19-34(30(29(31)38,20-12-8-6-9-13-20)21-14-10-7-11-15-21)26(35)22-16-17-23(32-43(3,39)40)25-24(22)41-27(36)28(37)42-25/h16-17,20-21,32H,4-15,18-19H2,1-3H3,(H2,31,38). The number of fused-ring (bicyclic) bond motifs is 1. The average molecular weight is 621 g/mol. The van der Waals surface area contributed by atoms with Crippen LogP contribution in [0.3, 0.4) is 0 Å². The van der Waals surface area contributed by atoms with E-state index in [1.54, 1.807) is 4.90 Å². The molecule has 2 aromatic rings. The van der Waals surface area contributed by atoms with Crippen molar-refractivity contribution in [2.75, 3.05) is 37.2 Å². The summed E-state index contributed by atoms with van der Waals surface area (Å²) in [6.45, 7) is 6.21. The van der Waals surface area contributed by atoms with Crippen molar-refractivity contribution in [3.8, 4) is 0 Å². The Bertz CT molecular complexity index is 1520. The van der Waals surface area contributed by atoms with E-state index in [1.807, 2.05) is 13.8 Å². The Balaban J connectivity index is 1.96. The van der Waals surface area contributed by atoms with E-state index in [9.17, 15) is 27.6 Å². The molecule has 2 amide bonds. The number of carbonyl (C=O) groups is 2. The van der Waals surface area contributed by atoms with Gasteiger partial charge in [-0.3, -0.25) is 14.3 Å². The molecule has 2 saturated carbocycles. The molecule has 12 nitrogen and oxygen atoms in total. The Morgan fingerprint density at radius 2 is 1.40 bits per heavy atom. The molecule has 1 aromatic heterocycles. The Morgan fingerprint density at radius 1 is 0.884 bits per heavy atom. The van der Waals surface area contributed by atoms with E-state index < -0.39 is 38.6 Å². The Labute approximate surface area is 252 Å². The monoisotopic (exact) mass is 620 g/mol. The smallest absolute Gasteiger partial charge is 0.413 e. The minimum absolute atomic E-state index is 0.119. The van der Waals surface area contributed by atoms with Gasteiger partial charge in [-0.1, -0.05) is 52.4 Å². The van der Waals surface area contributed by atoms with Gasteiger partial charge >= 0.3 is 11.3 Å². The van der Waals surface area contributed by atoms with Crippen LogP contribution in [0, 0.1) is 11.8 Å². The summed E-state index contributed by atoms with van der Waals surface area (Å²) in [7, 11) is -3.82. The van der Waals surface area contributed by atoms with E-state index in [-0.39, 0.29) is 40.8 Å². The molecule has 0 spiro atoms. The fourth-order valence-electron chi connectivity index (χ4n) is 7.26. The second kappa shape index (κ2) is 13.6. The fourth-order valence-corrected chi connectivity index (χ4v) is 7.82. The highest BCUT2D eigenvalue weighted by atomic mass is 32.2. The number of carbonyl (C=O) groups excluding carboxylic acids is 2. The van der Waals surface area contributed by atoms with Gasteiger partial charge in [0, 0.05) is 13.1 Å². The summed E-state index contributed by atoms with van der Waals surface area (Å²) in [5.74, 6) is -1.42. The number of benzene rings is 1. The first-order valence-electron chi connectivity index (χ1n) is 15.4. The maximum atomic E-state index is 14.9. The third-order valence-electron chi connectivity index (χ3n) is 9.27. The maximum Gasteiger partial charge on any atom is 0.423 e. The van der Waals surface area contributed by atoms with E-state index in [2.05, 4.69) is 9.62 Å². The quantitative estimate of drug-likeness (QED) is 0.338. The Kier molecular flexibility index (Phi) is 10.4. The van der Waals surface area contributed by atoms with Gasteiger partial charge in [-0.25, -0.2) is 18.0 Å². The molecule has 3 N–H and O–H groups in total. The number of sulfonamides is 1. The van der Waals surface area contributed by atoms with Gasteiger partial charge in [-0.05, 0) is 62.7 Å². The van der Waals surface area contributed by atoms with Gasteiger partial charge in [0.25, 0.3) is 5.91 Å². The Morgan fingerprint density at radius 3 is 1.86 bits per heavy atom. The third kappa shape index (κ3) is 6.82. The van der Waals surface area contributed by atoms with Crippen molar-refractivity contribution in [2.24, 2.45) is 17.6 Å². The molecule has 0 atom stereocenters. The van der Waals surface area contributed by atoms with Gasteiger partial charge < -0.3 is 24.4 Å². The van der Waals surface area contributed by atoms with Crippen molar-refractivity contribution in [2.45, 2.75) is 83.6 Å². The molecular formula is C30H44N4O8S. The van der Waals surface area contributed by atoms with Crippen LogP contribution < -0.4 is 21.7 Å². The van der Waals surface area contributed by atoms with Crippen LogP contribution in [0.4, 0.5) is 5.69 Å². The normalized spacial score (nSPS) is 17.3. The molecule has 43 heavy (non-hydrogen) atoms. The molecule has 238 valence electrons. The summed E-state index contributed by atoms with van der Waals surface area (Å²) in [6.07, 6.45) is 9.77. The molecule has 1 aromatic carbocycles. The van der Waals surface area contributed by atoms with E-state index in [0.29, 0.717) is 6.54 Å². The number of anilines is 1. The first-order chi connectivity index (χ1) is 20.4. The largest absolute Gasteiger partial charge is 0.423 e. The van der Waals surface area contributed by atoms with E-state index in [4.69, 9.17) is 14.6 Å². The lowest BCUT2D eigenvalue weighted by molar-refractivity contribution is -0.140. The van der Waals surface area contributed by atoms with Gasteiger partial charge in [0.1, 0.15) is 5.54 Å². The van der Waals surface area contributed by atoms with Crippen molar-refractivity contribution in [1.29, 1.82) is 0 Å². The summed E-state index contributed by atoms with van der Waals surface area (Å²) in [6, 6.07) is 2.62. The highest BCUT2D eigenvalue weighted by Gasteiger charge is 2.56. The van der Waals surface area contributed by atoms with Gasteiger partial charge in [0.05, 0.1) is 17.5 Å². The zero-order chi connectivity index (χ0) is 31.4. The number of nitrogens with zero attached hydrogens (tertiary/aromatic N) is 2. The second-order valence-electron chi connectivity index (χ2n) is 11.8. The first kappa shape index (κ1) is 32.7. The molecule has 2 aliphatic carbocycles. The number of amides is 2. The number of hydrogen-bond donors (Lipinski definition) is 2. The number of nitrogens with one attached hydrogen (secondary N) is 1. The van der Waals surface area contributed by atoms with Gasteiger partial charge in [-0.2, -0.15) is 0 Å².